The van der Waals surface area contributed by atoms with Crippen molar-refractivity contribution in [3.8, 4) is 0 Å². The van der Waals surface area contributed by atoms with E-state index in [9.17, 15) is 9.90 Å². The fraction of sp³-hybridized carbons (Fsp3) is 0.625. The summed E-state index contributed by atoms with van der Waals surface area (Å²) in [7, 11) is 2.74. The summed E-state index contributed by atoms with van der Waals surface area (Å²) >= 11 is 3.08. The summed E-state index contributed by atoms with van der Waals surface area (Å²) in [6.07, 6.45) is -1.64. The number of methoxy groups -OCH3 is 2. The lowest BCUT2D eigenvalue weighted by molar-refractivity contribution is -0.146. The minimum atomic E-state index is -0.846. The zero-order chi connectivity index (χ0) is 10.7. The summed E-state index contributed by atoms with van der Waals surface area (Å²) in [5.74, 6) is -0.378. The second-order valence-electron chi connectivity index (χ2n) is 2.65. The van der Waals surface area contributed by atoms with Gasteiger partial charge in [-0.15, -0.1) is 0 Å². The van der Waals surface area contributed by atoms with E-state index in [-0.39, 0.29) is 16.8 Å². The number of rotatable bonds is 4. The SMILES string of the molecule is COC1=C(OC)[C@@H]([C@H](O)CBr)OC1=O. The van der Waals surface area contributed by atoms with Crippen LogP contribution >= 0.6 is 15.9 Å². The third kappa shape index (κ3) is 1.85. The highest BCUT2D eigenvalue weighted by Crippen LogP contribution is 2.26. The van der Waals surface area contributed by atoms with E-state index in [1.807, 2.05) is 0 Å². The van der Waals surface area contributed by atoms with Crippen molar-refractivity contribution in [1.82, 2.24) is 0 Å². The van der Waals surface area contributed by atoms with Crippen LogP contribution in [0.25, 0.3) is 0 Å². The number of carbonyl (C=O) groups is 1. The number of halogens is 1. The largest absolute Gasteiger partial charge is 0.493 e. The number of hydrogen-bond donors (Lipinski definition) is 1. The molecule has 5 nitrogen and oxygen atoms in total. The highest BCUT2D eigenvalue weighted by molar-refractivity contribution is 9.09. The zero-order valence-electron chi connectivity index (χ0n) is 7.82. The van der Waals surface area contributed by atoms with Crippen LogP contribution in [0.2, 0.25) is 0 Å². The van der Waals surface area contributed by atoms with Gasteiger partial charge in [-0.25, -0.2) is 4.79 Å². The van der Waals surface area contributed by atoms with Gasteiger partial charge in [-0.2, -0.15) is 0 Å². The lowest BCUT2D eigenvalue weighted by Crippen LogP contribution is -2.30. The first-order chi connectivity index (χ1) is 6.65. The summed E-state index contributed by atoms with van der Waals surface area (Å²) in [6.45, 7) is 0. The molecule has 0 aliphatic carbocycles. The first kappa shape index (κ1) is 11.3. The summed E-state index contributed by atoms with van der Waals surface area (Å²) in [5.41, 5.74) is 0. The Hall–Kier alpha value is -0.750. The van der Waals surface area contributed by atoms with Crippen LogP contribution in [0.15, 0.2) is 11.5 Å². The predicted octanol–water partition coefficient (Wildman–Crippen LogP) is 0.172. The molecule has 0 radical (unpaired) electrons. The molecule has 0 fully saturated rings. The van der Waals surface area contributed by atoms with Gasteiger partial charge in [-0.05, 0) is 0 Å². The van der Waals surface area contributed by atoms with Gasteiger partial charge in [0.1, 0.15) is 6.10 Å². The Labute approximate surface area is 89.8 Å². The molecular formula is C8H11BrO5. The van der Waals surface area contributed by atoms with Gasteiger partial charge < -0.3 is 19.3 Å². The molecule has 0 aromatic rings. The van der Waals surface area contributed by atoms with Crippen molar-refractivity contribution in [2.75, 3.05) is 19.5 Å². The van der Waals surface area contributed by atoms with Crippen molar-refractivity contribution < 1.29 is 24.1 Å². The fourth-order valence-corrected chi connectivity index (χ4v) is 1.52. The molecule has 1 heterocycles. The minimum absolute atomic E-state index is 0.0116. The van der Waals surface area contributed by atoms with Crippen molar-refractivity contribution in [3.05, 3.63) is 11.5 Å². The average Bonchev–Trinajstić information content (AvgIpc) is 2.53. The molecule has 1 aliphatic rings. The van der Waals surface area contributed by atoms with Gasteiger partial charge >= 0.3 is 5.97 Å². The smallest absolute Gasteiger partial charge is 0.378 e. The van der Waals surface area contributed by atoms with Crippen LogP contribution < -0.4 is 0 Å². The first-order valence-corrected chi connectivity index (χ1v) is 5.05. The number of esters is 1. The topological polar surface area (TPSA) is 65.0 Å². The van der Waals surface area contributed by atoms with E-state index in [4.69, 9.17) is 14.2 Å². The van der Waals surface area contributed by atoms with Crippen molar-refractivity contribution in [1.29, 1.82) is 0 Å². The third-order valence-corrected chi connectivity index (χ3v) is 2.50. The number of carbonyl (C=O) groups excluding carboxylic acids is 1. The Kier molecular flexibility index (Phi) is 3.77. The normalized spacial score (nSPS) is 23.4. The summed E-state index contributed by atoms with van der Waals surface area (Å²) < 4.78 is 14.6. The first-order valence-electron chi connectivity index (χ1n) is 3.92. The Morgan fingerprint density at radius 3 is 2.64 bits per heavy atom. The monoisotopic (exact) mass is 266 g/mol. The van der Waals surface area contributed by atoms with Crippen molar-refractivity contribution in [3.63, 3.8) is 0 Å². The quantitative estimate of drug-likeness (QED) is 0.581. The zero-order valence-corrected chi connectivity index (χ0v) is 9.41. The molecule has 0 aromatic heterocycles. The molecule has 0 saturated heterocycles. The molecule has 1 rings (SSSR count). The Balaban J connectivity index is 2.92. The molecule has 6 heteroatoms. The van der Waals surface area contributed by atoms with Gasteiger partial charge in [0.15, 0.2) is 11.9 Å². The fourth-order valence-electron chi connectivity index (χ4n) is 1.18. The molecule has 14 heavy (non-hydrogen) atoms. The summed E-state index contributed by atoms with van der Waals surface area (Å²) in [6, 6.07) is 0. The minimum Gasteiger partial charge on any atom is -0.493 e. The van der Waals surface area contributed by atoms with E-state index < -0.39 is 18.2 Å². The highest BCUT2D eigenvalue weighted by Gasteiger charge is 2.40. The molecule has 0 amide bonds. The van der Waals surface area contributed by atoms with Crippen molar-refractivity contribution >= 4 is 21.9 Å². The number of hydrogen-bond acceptors (Lipinski definition) is 5. The lowest BCUT2D eigenvalue weighted by atomic mass is 10.2. The maximum absolute atomic E-state index is 11.2. The van der Waals surface area contributed by atoms with Crippen molar-refractivity contribution in [2.24, 2.45) is 0 Å². The molecule has 80 valence electrons. The number of aliphatic hydroxyl groups is 1. The summed E-state index contributed by atoms with van der Waals surface area (Å²) in [5, 5.41) is 9.78. The van der Waals surface area contributed by atoms with Gasteiger partial charge in [-0.3, -0.25) is 0 Å². The molecular weight excluding hydrogens is 256 g/mol. The number of aliphatic hydroxyl groups excluding tert-OH is 1. The molecule has 0 bridgehead atoms. The van der Waals surface area contributed by atoms with Crippen LogP contribution in [-0.4, -0.2) is 42.8 Å². The van der Waals surface area contributed by atoms with Crippen LogP contribution in [0, 0.1) is 0 Å². The standard InChI is InChI=1S/C8H11BrO5/c1-12-6-5(4(10)3-9)14-8(11)7(6)13-2/h4-5,10H,3H2,1-2H3/t4-,5-/m1/s1. The predicted molar refractivity (Wildman–Crippen MR) is 50.7 cm³/mol. The second-order valence-corrected chi connectivity index (χ2v) is 3.30. The van der Waals surface area contributed by atoms with Crippen LogP contribution in [0.4, 0.5) is 0 Å². The van der Waals surface area contributed by atoms with Gasteiger partial charge in [0.05, 0.1) is 14.2 Å². The van der Waals surface area contributed by atoms with E-state index in [1.165, 1.54) is 14.2 Å². The number of alkyl halides is 1. The number of ether oxygens (including phenoxy) is 3. The molecule has 2 atom stereocenters. The molecule has 0 spiro atoms. The maximum Gasteiger partial charge on any atom is 0.378 e. The van der Waals surface area contributed by atoms with Crippen LogP contribution in [0.3, 0.4) is 0 Å². The van der Waals surface area contributed by atoms with Gasteiger partial charge in [0.25, 0.3) is 0 Å². The van der Waals surface area contributed by atoms with Crippen LogP contribution in [0.1, 0.15) is 0 Å². The summed E-state index contributed by atoms with van der Waals surface area (Å²) in [4.78, 5) is 11.2. The van der Waals surface area contributed by atoms with E-state index in [2.05, 4.69) is 15.9 Å². The van der Waals surface area contributed by atoms with Gasteiger partial charge in [0.2, 0.25) is 5.76 Å². The van der Waals surface area contributed by atoms with Gasteiger partial charge in [0, 0.05) is 5.33 Å². The highest BCUT2D eigenvalue weighted by atomic mass is 79.9. The maximum atomic E-state index is 11.2. The van der Waals surface area contributed by atoms with E-state index in [0.29, 0.717) is 0 Å². The number of cyclic esters (lactones) is 1. The Morgan fingerprint density at radius 1 is 1.57 bits per heavy atom. The van der Waals surface area contributed by atoms with Gasteiger partial charge in [-0.1, -0.05) is 15.9 Å². The molecule has 0 aromatic carbocycles. The second kappa shape index (κ2) is 4.65. The lowest BCUT2D eigenvalue weighted by Gasteiger charge is -2.16. The van der Waals surface area contributed by atoms with Crippen LogP contribution in [0.5, 0.6) is 0 Å². The van der Waals surface area contributed by atoms with E-state index in [0.717, 1.165) is 0 Å². The molecule has 1 aliphatic heterocycles. The molecule has 0 saturated carbocycles. The van der Waals surface area contributed by atoms with E-state index in [1.54, 1.807) is 0 Å². The Bertz CT molecular complexity index is 262. The van der Waals surface area contributed by atoms with E-state index >= 15 is 0 Å². The van der Waals surface area contributed by atoms with Crippen LogP contribution in [-0.2, 0) is 19.0 Å². The van der Waals surface area contributed by atoms with Crippen molar-refractivity contribution in [2.45, 2.75) is 12.2 Å². The molecule has 0 unspecified atom stereocenters. The average molecular weight is 267 g/mol. The molecule has 1 N–H and O–H groups in total. The third-order valence-electron chi connectivity index (χ3n) is 1.83. The Morgan fingerprint density at radius 2 is 2.21 bits per heavy atom.